The van der Waals surface area contributed by atoms with Crippen LogP contribution in [0.3, 0.4) is 0 Å². The van der Waals surface area contributed by atoms with Gasteiger partial charge in [-0.25, -0.2) is 4.79 Å². The van der Waals surface area contributed by atoms with Gasteiger partial charge in [-0.3, -0.25) is 87.5 Å². The number of β-amino-alcohol motifs (C(OH)–C–C–N with tert-alkyl or cyclic N) is 1. The Balaban J connectivity index is 1.60. The second-order valence-corrected chi connectivity index (χ2v) is 36.2. The fraction of sp³-hybridized carbons (Fsp3) is 0.575. The maximum Gasteiger partial charge on any atom is 0.326 e. The van der Waals surface area contributed by atoms with Crippen molar-refractivity contribution in [2.75, 3.05) is 45.0 Å². The van der Waals surface area contributed by atoms with Crippen molar-refractivity contribution in [2.24, 2.45) is 52.0 Å². The number of carboxylic acids is 1. The zero-order chi connectivity index (χ0) is 105. The fourth-order valence-corrected chi connectivity index (χ4v) is 14.7. The van der Waals surface area contributed by atoms with E-state index in [1.807, 2.05) is 0 Å². The predicted molar refractivity (Wildman–Crippen MR) is 512 cm³/mol. The number of hydrogen-bond donors (Lipinski definition) is 34. The van der Waals surface area contributed by atoms with Crippen molar-refractivity contribution >= 4 is 138 Å². The van der Waals surface area contributed by atoms with E-state index in [2.05, 4.69) is 110 Å². The largest absolute Gasteiger partial charge is 0.508 e. The fourth-order valence-electron chi connectivity index (χ4n) is 14.3. The summed E-state index contributed by atoms with van der Waals surface area (Å²) in [4.78, 5) is 242. The Labute approximate surface area is 814 Å². The molecular formula is C87H138N26O24S2. The van der Waals surface area contributed by atoms with Gasteiger partial charge in [0.05, 0.1) is 30.8 Å². The van der Waals surface area contributed by atoms with Crippen LogP contribution in [0.2, 0.25) is 0 Å². The highest BCUT2D eigenvalue weighted by molar-refractivity contribution is 7.81. The summed E-state index contributed by atoms with van der Waals surface area (Å²) >= 11 is 8.87. The number of phenols is 3. The van der Waals surface area contributed by atoms with Gasteiger partial charge >= 0.3 is 5.97 Å². The van der Waals surface area contributed by atoms with Crippen LogP contribution in [0.1, 0.15) is 136 Å². The molecule has 772 valence electrons. The number of guanidine groups is 2. The van der Waals surface area contributed by atoms with E-state index in [9.17, 15) is 117 Å². The molecule has 20 atom stereocenters. The highest BCUT2D eigenvalue weighted by Crippen LogP contribution is 2.25. The summed E-state index contributed by atoms with van der Waals surface area (Å²) in [6.07, 6.45) is -8.42. The van der Waals surface area contributed by atoms with Crippen LogP contribution in [-0.4, -0.2) is 318 Å². The Kier molecular flexibility index (Phi) is 49.4. The van der Waals surface area contributed by atoms with Gasteiger partial charge in [-0.2, -0.15) is 25.3 Å². The number of rotatable bonds is 59. The van der Waals surface area contributed by atoms with Crippen molar-refractivity contribution in [1.82, 2.24) is 90.0 Å². The number of likely N-dealkylation sites (tertiary alicyclic amines) is 1. The Morgan fingerprint density at radius 3 is 1.12 bits per heavy atom. The van der Waals surface area contributed by atoms with Crippen LogP contribution >= 0.6 is 25.3 Å². The average Bonchev–Trinajstić information content (AvgIpc) is 1.71. The van der Waals surface area contributed by atoms with Gasteiger partial charge < -0.3 is 166 Å². The van der Waals surface area contributed by atoms with Crippen LogP contribution < -0.4 is 125 Å². The first-order valence-electron chi connectivity index (χ1n) is 45.1. The Hall–Kier alpha value is -13.0. The van der Waals surface area contributed by atoms with Crippen LogP contribution in [0, 0.1) is 22.7 Å². The first-order chi connectivity index (χ1) is 65.3. The summed E-state index contributed by atoms with van der Waals surface area (Å²) in [5, 5.41) is 128. The molecule has 1 aliphatic rings. The Morgan fingerprint density at radius 1 is 0.446 bits per heavy atom. The second kappa shape index (κ2) is 58.0. The molecule has 4 rings (SSSR count). The first-order valence-corrected chi connectivity index (χ1v) is 46.2. The topological polar surface area (TPSA) is 857 Å². The summed E-state index contributed by atoms with van der Waals surface area (Å²) in [6.45, 7) is 10.3. The van der Waals surface area contributed by atoms with E-state index < -0.39 is 276 Å². The van der Waals surface area contributed by atoms with E-state index in [4.69, 9.17) is 51.0 Å². The molecule has 52 heteroatoms. The van der Waals surface area contributed by atoms with Crippen molar-refractivity contribution in [3.63, 3.8) is 0 Å². The van der Waals surface area contributed by atoms with E-state index in [0.717, 1.165) is 18.7 Å². The van der Waals surface area contributed by atoms with Crippen LogP contribution in [0.25, 0.3) is 0 Å². The number of carboxylic acid groups (broad SMARTS) is 1. The summed E-state index contributed by atoms with van der Waals surface area (Å²) in [5.41, 5.74) is 41.6. The molecule has 0 radical (unpaired) electrons. The molecule has 0 unspecified atom stereocenters. The van der Waals surface area contributed by atoms with Crippen LogP contribution in [-0.2, 0) is 101 Å². The van der Waals surface area contributed by atoms with Crippen molar-refractivity contribution in [1.29, 1.82) is 10.8 Å². The molecule has 3 aromatic rings. The summed E-state index contributed by atoms with van der Waals surface area (Å²) < 4.78 is -1.66. The summed E-state index contributed by atoms with van der Waals surface area (Å²) in [7, 11) is 0. The molecule has 0 spiro atoms. The van der Waals surface area contributed by atoms with Gasteiger partial charge in [0, 0.05) is 55.8 Å². The molecular weight excluding hydrogens is 1860 g/mol. The third kappa shape index (κ3) is 39.8. The van der Waals surface area contributed by atoms with Crippen molar-refractivity contribution in [3.05, 3.63) is 89.5 Å². The van der Waals surface area contributed by atoms with E-state index in [-0.39, 0.29) is 119 Å². The van der Waals surface area contributed by atoms with Crippen molar-refractivity contribution in [3.8, 4) is 17.2 Å². The summed E-state index contributed by atoms with van der Waals surface area (Å²) in [5.74, 6) is -21.8. The zero-order valence-corrected chi connectivity index (χ0v) is 80.4. The molecule has 1 saturated heterocycles. The minimum absolute atomic E-state index is 0.0269. The lowest BCUT2D eigenvalue weighted by Gasteiger charge is -2.33. The van der Waals surface area contributed by atoms with Gasteiger partial charge in [-0.15, -0.1) is 0 Å². The molecule has 39 N–H and O–H groups in total. The normalized spacial score (nSPS) is 16.8. The number of nitrogens with zero attached hydrogens (tertiary/aromatic N) is 1. The van der Waals surface area contributed by atoms with Gasteiger partial charge in [0.1, 0.15) is 108 Å². The number of aliphatic hydroxyl groups is 3. The third-order valence-electron chi connectivity index (χ3n) is 22.4. The number of benzene rings is 3. The number of thiol groups is 2. The van der Waals surface area contributed by atoms with Gasteiger partial charge in [-0.05, 0) is 157 Å². The van der Waals surface area contributed by atoms with Crippen molar-refractivity contribution in [2.45, 2.75) is 259 Å². The lowest BCUT2D eigenvalue weighted by atomic mass is 9.96. The number of amides is 16. The zero-order valence-electron chi connectivity index (χ0n) is 78.6. The number of nitrogens with one attached hydrogen (secondary N) is 18. The molecule has 1 heterocycles. The van der Waals surface area contributed by atoms with E-state index in [1.54, 1.807) is 27.7 Å². The lowest BCUT2D eigenvalue weighted by molar-refractivity contribution is -0.142. The van der Waals surface area contributed by atoms with Crippen LogP contribution in [0.15, 0.2) is 72.8 Å². The highest BCUT2D eigenvalue weighted by Gasteiger charge is 2.46. The van der Waals surface area contributed by atoms with Crippen LogP contribution in [0.5, 0.6) is 17.2 Å². The van der Waals surface area contributed by atoms with Crippen LogP contribution in [0.4, 0.5) is 0 Å². The molecule has 0 aromatic heterocycles. The number of aliphatic hydroxyl groups excluding tert-OH is 3. The van der Waals surface area contributed by atoms with Crippen molar-refractivity contribution < 1.29 is 117 Å². The number of aliphatic carboxylic acids is 1. The maximum atomic E-state index is 14.9. The lowest BCUT2D eigenvalue weighted by Crippen LogP contribution is -2.64. The molecule has 0 aliphatic carbocycles. The first kappa shape index (κ1) is 118. The number of primary amides is 1. The van der Waals surface area contributed by atoms with Gasteiger partial charge in [0.15, 0.2) is 11.9 Å². The molecule has 16 amide bonds. The number of hydrogen-bond acceptors (Lipinski definition) is 31. The minimum Gasteiger partial charge on any atom is -0.508 e. The SMILES string of the molecule is CC[C@H](C)[C@H](NC(=O)[C@@H]1C[C@@H](O)CN1C(=O)[C@@H](N)C(C)C)C(=O)N[C@H](C(=O)N[C@@H](Cc1ccc(O)cc1)C(=O)N[C@H](C(=O)N[C@@H](CC(N)=O)C(=O)N[C@@H](CCCNC(=N)N)C(=O)N[C@@H](CCN)C(=O)N[C@H](C(=O)N[C@H](CCN)C(=O)N[C@@H](Cc1ccc(O)cc1)C(=O)N[C@@H](CS)C(=O)N[C@@H](CCN)C(=O)N[C@@H](CCCNC(=N)N)C(=O)N[C@@H](Cc1ccc(O)cc1)C(=O)O)[C@@H](C)O)C(C)(C)S)[C@@H](C)O. The number of carbonyl (C=O) groups is 17. The monoisotopic (exact) mass is 1990 g/mol. The quantitative estimate of drug-likeness (QED) is 0.0108. The standard InChI is InChI=1S/C87H138N26O24S2/c1-9-42(4)65(109-78(130)62-37-51(119)39-113(62)83(135)64(92)41(2)3)79(131)111-67(44(6)115)81(133)105-58(35-46-16-22-49(117)23-17-46)76(128)112-68(87(7,8)139)82(134)106-59(38-63(91)120)75(127)100-52(12-10-32-97-85(93)94)69(121)101-56(28-31-90)73(125)110-66(43(5)114)80(132)103-55(27-30-89)72(124)104-57(34-45-14-20-48(116)21-15-45)74(126)108-61(40-138)77(129)102-54(26-29-88)71(123)99-53(13-11-33-98-86(95)96)70(122)107-60(84(136)137)36-47-18-24-50(118)25-19-47/h14-25,41-44,51-62,64-68,114-119,138-139H,9-13,26-40,88-90,92H2,1-8H3,(H2,91,120)(H,99,123)(H,100,127)(H,101,121)(H,102,129)(H,103,132)(H,104,124)(H,105,133)(H,106,134)(H,107,122)(H,108,126)(H,109,130)(H,110,125)(H,111,131)(H,112,128)(H,136,137)(H4,93,94,97)(H4,95,96,98)/t42-,43+,44+,51+,52-,53-,54-,55+,56-,57-,58-,59-,60-,61-,62-,64-,65-,66-,67-,68+/m0/s1. The smallest absolute Gasteiger partial charge is 0.326 e. The van der Waals surface area contributed by atoms with Gasteiger partial charge in [-0.1, -0.05) is 70.5 Å². The van der Waals surface area contributed by atoms with E-state index in [0.29, 0.717) is 11.1 Å². The molecule has 0 bridgehead atoms. The number of phenolic OH excluding ortho intramolecular Hbond substituents is 3. The highest BCUT2D eigenvalue weighted by atomic mass is 32.1. The van der Waals surface area contributed by atoms with Gasteiger partial charge in [0.2, 0.25) is 94.5 Å². The Morgan fingerprint density at radius 2 is 0.763 bits per heavy atom. The molecule has 0 saturated carbocycles. The summed E-state index contributed by atoms with van der Waals surface area (Å²) in [6, 6.07) is -10.3. The number of carbonyl (C=O) groups excluding carboxylic acids is 16. The Bertz CT molecular complexity index is 4690. The van der Waals surface area contributed by atoms with Gasteiger partial charge in [0.25, 0.3) is 0 Å². The van der Waals surface area contributed by atoms with E-state index in [1.165, 1.54) is 86.6 Å². The minimum atomic E-state index is -2.02. The van der Waals surface area contributed by atoms with E-state index >= 15 is 0 Å². The average molecular weight is 2000 g/mol. The molecule has 1 aliphatic heterocycles. The number of aromatic hydroxyl groups is 3. The number of nitrogens with two attached hydrogens (primary N) is 7. The third-order valence-corrected chi connectivity index (χ3v) is 23.0. The predicted octanol–water partition coefficient (Wildman–Crippen LogP) is -9.46. The molecule has 3 aromatic carbocycles. The molecule has 50 nitrogen and oxygen atoms in total. The molecule has 139 heavy (non-hydrogen) atoms. The molecule has 1 fully saturated rings. The second-order valence-electron chi connectivity index (χ2n) is 34.7. The maximum absolute atomic E-state index is 14.9.